The van der Waals surface area contributed by atoms with Crippen LogP contribution in [0.25, 0.3) is 0 Å². The van der Waals surface area contributed by atoms with Gasteiger partial charge in [0.15, 0.2) is 11.6 Å². The van der Waals surface area contributed by atoms with Gasteiger partial charge in [-0.15, -0.1) is 0 Å². The molecule has 10 nitrogen and oxygen atoms in total. The van der Waals surface area contributed by atoms with Crippen molar-refractivity contribution in [2.75, 3.05) is 0 Å². The summed E-state index contributed by atoms with van der Waals surface area (Å²) >= 11 is 0. The summed E-state index contributed by atoms with van der Waals surface area (Å²) in [5.74, 6) is -0.397. The molecule has 0 saturated carbocycles. The Morgan fingerprint density at radius 3 is 1.24 bits per heavy atom. The van der Waals surface area contributed by atoms with Gasteiger partial charge in [-0.1, -0.05) is 54.6 Å². The molecule has 42 heavy (non-hydrogen) atoms. The third kappa shape index (κ3) is 6.02. The van der Waals surface area contributed by atoms with E-state index in [1.54, 1.807) is 60.7 Å². The Bertz CT molecular complexity index is 1690. The van der Waals surface area contributed by atoms with Crippen LogP contribution in [0.1, 0.15) is 31.8 Å². The summed E-state index contributed by atoms with van der Waals surface area (Å²) in [6, 6.07) is 30.5. The Balaban J connectivity index is 1.41. The number of nitro groups is 2. The van der Waals surface area contributed by atoms with Crippen LogP contribution in [-0.2, 0) is 0 Å². The minimum absolute atomic E-state index is 0.0183. The third-order valence-corrected chi connectivity index (χ3v) is 6.16. The van der Waals surface area contributed by atoms with E-state index >= 15 is 0 Å². The summed E-state index contributed by atoms with van der Waals surface area (Å²) in [6.07, 6.45) is 0. The second kappa shape index (κ2) is 11.9. The van der Waals surface area contributed by atoms with Crippen molar-refractivity contribution in [3.05, 3.63) is 164 Å². The number of nitro benzene ring substituents is 2. The predicted molar refractivity (Wildman–Crippen MR) is 153 cm³/mol. The fourth-order valence-corrected chi connectivity index (χ4v) is 4.14. The number of hydrogen-bond acceptors (Lipinski definition) is 8. The minimum Gasteiger partial charge on any atom is -0.450 e. The van der Waals surface area contributed by atoms with Gasteiger partial charge in [-0.05, 0) is 54.6 Å². The van der Waals surface area contributed by atoms with E-state index in [1.807, 2.05) is 0 Å². The molecule has 5 aromatic carbocycles. The fourth-order valence-electron chi connectivity index (χ4n) is 4.14. The summed E-state index contributed by atoms with van der Waals surface area (Å²) in [5.41, 5.74) is -0.561. The van der Waals surface area contributed by atoms with Gasteiger partial charge in [0.2, 0.25) is 11.5 Å². The average Bonchev–Trinajstić information content (AvgIpc) is 3.01. The molecule has 0 fully saturated rings. The molecule has 0 bridgehead atoms. The van der Waals surface area contributed by atoms with Crippen molar-refractivity contribution >= 4 is 22.9 Å². The molecule has 0 unspecified atom stereocenters. The maximum absolute atomic E-state index is 13.3. The highest BCUT2D eigenvalue weighted by molar-refractivity contribution is 6.13. The zero-order valence-electron chi connectivity index (χ0n) is 21.7. The van der Waals surface area contributed by atoms with Gasteiger partial charge in [0.25, 0.3) is 0 Å². The van der Waals surface area contributed by atoms with Crippen LogP contribution in [0.3, 0.4) is 0 Å². The van der Waals surface area contributed by atoms with Crippen LogP contribution in [0.2, 0.25) is 0 Å². The van der Waals surface area contributed by atoms with Gasteiger partial charge in [0.05, 0.1) is 9.85 Å². The Morgan fingerprint density at radius 1 is 0.476 bits per heavy atom. The smallest absolute Gasteiger partial charge is 0.312 e. The van der Waals surface area contributed by atoms with Crippen LogP contribution in [-0.4, -0.2) is 21.4 Å². The van der Waals surface area contributed by atoms with Gasteiger partial charge in [-0.2, -0.15) is 0 Å². The van der Waals surface area contributed by atoms with Gasteiger partial charge in [-0.3, -0.25) is 29.8 Å². The normalized spacial score (nSPS) is 10.5. The maximum Gasteiger partial charge on any atom is 0.312 e. The zero-order chi connectivity index (χ0) is 29.6. The molecule has 0 spiro atoms. The van der Waals surface area contributed by atoms with Gasteiger partial charge < -0.3 is 9.47 Å². The van der Waals surface area contributed by atoms with E-state index in [0.29, 0.717) is 11.5 Å². The maximum atomic E-state index is 13.3. The van der Waals surface area contributed by atoms with Crippen molar-refractivity contribution in [2.45, 2.75) is 0 Å². The summed E-state index contributed by atoms with van der Waals surface area (Å²) in [5, 5.41) is 23.5. The number of rotatable bonds is 10. The van der Waals surface area contributed by atoms with Crippen LogP contribution in [0.5, 0.6) is 23.0 Å². The first-order valence-electron chi connectivity index (χ1n) is 12.5. The van der Waals surface area contributed by atoms with Crippen molar-refractivity contribution in [1.82, 2.24) is 0 Å². The lowest BCUT2D eigenvalue weighted by atomic mass is 9.97. The number of para-hydroxylation sites is 2. The summed E-state index contributed by atoms with van der Waals surface area (Å²) in [4.78, 5) is 48.8. The zero-order valence-corrected chi connectivity index (χ0v) is 21.7. The van der Waals surface area contributed by atoms with E-state index in [-0.39, 0.29) is 33.8 Å². The van der Waals surface area contributed by atoms with E-state index < -0.39 is 32.8 Å². The number of carbonyl (C=O) groups excluding carboxylic acids is 2. The van der Waals surface area contributed by atoms with Crippen LogP contribution in [0.15, 0.2) is 121 Å². The van der Waals surface area contributed by atoms with E-state index in [9.17, 15) is 29.8 Å². The Morgan fingerprint density at radius 2 is 0.857 bits per heavy atom. The molecule has 0 atom stereocenters. The van der Waals surface area contributed by atoms with Crippen molar-refractivity contribution < 1.29 is 28.9 Å². The van der Waals surface area contributed by atoms with E-state index in [1.165, 1.54) is 48.5 Å². The molecule has 0 amide bonds. The van der Waals surface area contributed by atoms with Crippen LogP contribution in [0, 0.1) is 20.2 Å². The first kappa shape index (κ1) is 27.4. The van der Waals surface area contributed by atoms with E-state index in [0.717, 1.165) is 12.1 Å². The van der Waals surface area contributed by atoms with Crippen molar-refractivity contribution in [1.29, 1.82) is 0 Å². The first-order chi connectivity index (χ1) is 20.3. The highest BCUT2D eigenvalue weighted by Crippen LogP contribution is 2.34. The van der Waals surface area contributed by atoms with Crippen molar-refractivity contribution in [3.8, 4) is 23.0 Å². The largest absolute Gasteiger partial charge is 0.450 e. The van der Waals surface area contributed by atoms with Gasteiger partial charge >= 0.3 is 11.4 Å². The highest BCUT2D eigenvalue weighted by Gasteiger charge is 2.23. The summed E-state index contributed by atoms with van der Waals surface area (Å²) in [7, 11) is 0. The Hall–Kier alpha value is -6.16. The molecular weight excluding hydrogens is 540 g/mol. The number of ether oxygens (including phenoxy) is 2. The molecule has 0 radical (unpaired) electrons. The molecule has 5 rings (SSSR count). The molecule has 0 aliphatic heterocycles. The lowest BCUT2D eigenvalue weighted by Crippen LogP contribution is -2.07. The molecule has 0 aliphatic rings. The number of nitrogens with zero attached hydrogens (tertiary/aromatic N) is 2. The number of benzene rings is 5. The van der Waals surface area contributed by atoms with Crippen LogP contribution in [0.4, 0.5) is 11.4 Å². The second-order valence-electron chi connectivity index (χ2n) is 8.95. The molecule has 0 N–H and O–H groups in total. The van der Waals surface area contributed by atoms with E-state index in [4.69, 9.17) is 9.47 Å². The average molecular weight is 561 g/mol. The molecular formula is C32H20N2O8. The minimum atomic E-state index is -0.646. The van der Waals surface area contributed by atoms with Gasteiger partial charge in [0, 0.05) is 34.4 Å². The van der Waals surface area contributed by atoms with Crippen LogP contribution >= 0.6 is 0 Å². The number of carbonyl (C=O) groups is 2. The number of ketones is 2. The van der Waals surface area contributed by atoms with Gasteiger partial charge in [0.1, 0.15) is 11.5 Å². The predicted octanol–water partition coefficient (Wildman–Crippen LogP) is 7.55. The van der Waals surface area contributed by atoms with Crippen molar-refractivity contribution in [3.63, 3.8) is 0 Å². The molecule has 10 heteroatoms. The third-order valence-electron chi connectivity index (χ3n) is 6.16. The molecule has 206 valence electrons. The lowest BCUT2D eigenvalue weighted by Gasteiger charge is -2.09. The lowest BCUT2D eigenvalue weighted by molar-refractivity contribution is -0.385. The van der Waals surface area contributed by atoms with Gasteiger partial charge in [-0.25, -0.2) is 0 Å². The fraction of sp³-hybridized carbons (Fsp3) is 0. The molecule has 0 heterocycles. The monoisotopic (exact) mass is 560 g/mol. The molecule has 0 saturated heterocycles. The summed E-state index contributed by atoms with van der Waals surface area (Å²) in [6.45, 7) is 0. The molecule has 0 aliphatic carbocycles. The second-order valence-corrected chi connectivity index (χ2v) is 8.95. The molecule has 0 aromatic heterocycles. The Kier molecular flexibility index (Phi) is 7.78. The summed E-state index contributed by atoms with van der Waals surface area (Å²) < 4.78 is 11.2. The highest BCUT2D eigenvalue weighted by atomic mass is 16.6. The first-order valence-corrected chi connectivity index (χ1v) is 12.5. The Labute approximate surface area is 238 Å². The van der Waals surface area contributed by atoms with E-state index in [2.05, 4.69) is 0 Å². The topological polar surface area (TPSA) is 139 Å². The number of hydrogen-bond donors (Lipinski definition) is 0. The van der Waals surface area contributed by atoms with Crippen LogP contribution < -0.4 is 9.47 Å². The quantitative estimate of drug-likeness (QED) is 0.0969. The SMILES string of the molecule is O=C(c1cccc(C(=O)c2ccc(Oc3ccccc3)c([N+](=O)[O-])c2)c1)c1ccc(Oc2ccccc2)c([N+](=O)[O-])c1. The van der Waals surface area contributed by atoms with Crippen molar-refractivity contribution in [2.24, 2.45) is 0 Å². The standard InChI is InChI=1S/C32H20N2O8/c35-31(23-14-16-29(27(19-23)33(37)38)41-25-10-3-1-4-11-25)21-8-7-9-22(18-21)32(36)24-15-17-30(28(20-24)34(39)40)42-26-12-5-2-6-13-26/h1-20H. The molecule has 5 aromatic rings.